The van der Waals surface area contributed by atoms with Gasteiger partial charge in [-0.3, -0.25) is 4.21 Å². The molecule has 0 radical (unpaired) electrons. The first-order valence-corrected chi connectivity index (χ1v) is 7.90. The Morgan fingerprint density at radius 3 is 3.12 bits per heavy atom. The summed E-state index contributed by atoms with van der Waals surface area (Å²) in [6.07, 6.45) is 8.63. The van der Waals surface area contributed by atoms with Gasteiger partial charge in [-0.15, -0.1) is 0 Å². The molecule has 2 rings (SSSR count). The highest BCUT2D eigenvalue weighted by Crippen LogP contribution is 2.23. The van der Waals surface area contributed by atoms with E-state index in [1.807, 2.05) is 19.3 Å². The molecule has 1 fully saturated rings. The molecule has 1 aliphatic carbocycles. The van der Waals surface area contributed by atoms with Crippen molar-refractivity contribution in [3.63, 3.8) is 0 Å². The van der Waals surface area contributed by atoms with Crippen LogP contribution in [-0.4, -0.2) is 26.2 Å². The first kappa shape index (κ1) is 12.8. The summed E-state index contributed by atoms with van der Waals surface area (Å²) in [6.45, 7) is 2.94. The first-order chi connectivity index (χ1) is 8.29. The Morgan fingerprint density at radius 1 is 1.53 bits per heavy atom. The molecule has 0 saturated heterocycles. The molecular weight excluding hydrogens is 232 g/mol. The molecular formula is C13H22N2OS. The fraction of sp³-hybridized carbons (Fsp3) is 0.692. The van der Waals surface area contributed by atoms with Crippen LogP contribution in [0.4, 0.5) is 0 Å². The van der Waals surface area contributed by atoms with Gasteiger partial charge in [0, 0.05) is 46.8 Å². The van der Waals surface area contributed by atoms with Crippen LogP contribution in [0.25, 0.3) is 0 Å². The standard InChI is InChI=1S/C13H22N2OS/c1-2-17(16)13-5-3-4-12(8-13)15-10-11-6-7-14-9-11/h6-7,9,12-15H,2-5,8,10H2,1H3/t12-,13-,17+/m0/s1. The van der Waals surface area contributed by atoms with Crippen LogP contribution in [0.1, 0.15) is 38.2 Å². The van der Waals surface area contributed by atoms with Gasteiger partial charge in [0.05, 0.1) is 0 Å². The van der Waals surface area contributed by atoms with Crippen LogP contribution in [0.2, 0.25) is 0 Å². The molecule has 1 saturated carbocycles. The molecule has 2 N–H and O–H groups in total. The van der Waals surface area contributed by atoms with E-state index in [4.69, 9.17) is 0 Å². The quantitative estimate of drug-likeness (QED) is 0.846. The highest BCUT2D eigenvalue weighted by Gasteiger charge is 2.24. The first-order valence-electron chi connectivity index (χ1n) is 6.51. The number of hydrogen-bond acceptors (Lipinski definition) is 2. The van der Waals surface area contributed by atoms with E-state index in [1.54, 1.807) is 0 Å². The van der Waals surface area contributed by atoms with Crippen molar-refractivity contribution >= 4 is 10.8 Å². The third-order valence-electron chi connectivity index (χ3n) is 3.54. The molecule has 1 aromatic heterocycles. The second-order valence-electron chi connectivity index (χ2n) is 4.76. The summed E-state index contributed by atoms with van der Waals surface area (Å²) in [4.78, 5) is 3.06. The Morgan fingerprint density at radius 2 is 2.41 bits per heavy atom. The smallest absolute Gasteiger partial charge is 0.0362 e. The fourth-order valence-corrected chi connectivity index (χ4v) is 3.88. The Bertz CT molecular complexity index is 350. The monoisotopic (exact) mass is 254 g/mol. The minimum absolute atomic E-state index is 0.414. The maximum absolute atomic E-state index is 11.8. The average molecular weight is 254 g/mol. The molecule has 1 aromatic rings. The van der Waals surface area contributed by atoms with Gasteiger partial charge in [-0.2, -0.15) is 0 Å². The van der Waals surface area contributed by atoms with Crippen molar-refractivity contribution in [3.8, 4) is 0 Å². The molecule has 96 valence electrons. The van der Waals surface area contributed by atoms with E-state index in [1.165, 1.54) is 18.4 Å². The van der Waals surface area contributed by atoms with E-state index in [-0.39, 0.29) is 0 Å². The summed E-state index contributed by atoms with van der Waals surface area (Å²) in [5.74, 6) is 0.801. The van der Waals surface area contributed by atoms with Crippen molar-refractivity contribution in [3.05, 3.63) is 24.0 Å². The predicted octanol–water partition coefficient (Wildman–Crippen LogP) is 2.18. The molecule has 0 spiro atoms. The minimum atomic E-state index is -0.621. The van der Waals surface area contributed by atoms with Gasteiger partial charge in [0.25, 0.3) is 0 Å². The normalized spacial score (nSPS) is 26.9. The molecule has 0 bridgehead atoms. The van der Waals surface area contributed by atoms with Crippen LogP contribution in [0.3, 0.4) is 0 Å². The van der Waals surface area contributed by atoms with Crippen LogP contribution < -0.4 is 5.32 Å². The molecule has 1 aliphatic rings. The summed E-state index contributed by atoms with van der Waals surface area (Å²) >= 11 is 0. The Balaban J connectivity index is 1.79. The van der Waals surface area contributed by atoms with E-state index in [0.29, 0.717) is 11.3 Å². The number of rotatable bonds is 5. The Labute approximate surface area is 106 Å². The van der Waals surface area contributed by atoms with Gasteiger partial charge < -0.3 is 10.3 Å². The minimum Gasteiger partial charge on any atom is -0.367 e. The second-order valence-corrected chi connectivity index (χ2v) is 6.76. The SMILES string of the molecule is CC[S@@](=O)[C@H]1CCC[C@H](NCc2cc[nH]c2)C1. The topological polar surface area (TPSA) is 44.9 Å². The summed E-state index contributed by atoms with van der Waals surface area (Å²) in [6, 6.07) is 2.64. The zero-order valence-electron chi connectivity index (χ0n) is 10.4. The van der Waals surface area contributed by atoms with Gasteiger partial charge in [0.15, 0.2) is 0 Å². The summed E-state index contributed by atoms with van der Waals surface area (Å²) in [5.41, 5.74) is 1.30. The van der Waals surface area contributed by atoms with Crippen LogP contribution in [0.5, 0.6) is 0 Å². The summed E-state index contributed by atoms with van der Waals surface area (Å²) in [7, 11) is -0.621. The molecule has 4 heteroatoms. The summed E-state index contributed by atoms with van der Waals surface area (Å²) < 4.78 is 11.8. The van der Waals surface area contributed by atoms with E-state index < -0.39 is 10.8 Å². The summed E-state index contributed by atoms with van der Waals surface area (Å²) in [5, 5.41) is 3.99. The fourth-order valence-electron chi connectivity index (χ4n) is 2.54. The third kappa shape index (κ3) is 3.68. The molecule has 0 amide bonds. The molecule has 3 nitrogen and oxygen atoms in total. The van der Waals surface area contributed by atoms with E-state index in [2.05, 4.69) is 16.4 Å². The molecule has 0 unspecified atom stereocenters. The van der Waals surface area contributed by atoms with Crippen LogP contribution >= 0.6 is 0 Å². The second kappa shape index (κ2) is 6.36. The zero-order chi connectivity index (χ0) is 12.1. The van der Waals surface area contributed by atoms with Crippen molar-refractivity contribution in [2.75, 3.05) is 5.75 Å². The van der Waals surface area contributed by atoms with Crippen molar-refractivity contribution in [2.24, 2.45) is 0 Å². The van der Waals surface area contributed by atoms with Gasteiger partial charge in [-0.1, -0.05) is 13.3 Å². The van der Waals surface area contributed by atoms with Crippen molar-refractivity contribution in [2.45, 2.75) is 50.4 Å². The highest BCUT2D eigenvalue weighted by molar-refractivity contribution is 7.85. The lowest BCUT2D eigenvalue weighted by molar-refractivity contribution is 0.376. The highest BCUT2D eigenvalue weighted by atomic mass is 32.2. The predicted molar refractivity (Wildman–Crippen MR) is 72.4 cm³/mol. The van der Waals surface area contributed by atoms with Crippen LogP contribution in [0.15, 0.2) is 18.5 Å². The molecule has 0 aromatic carbocycles. The lowest BCUT2D eigenvalue weighted by Gasteiger charge is -2.29. The average Bonchev–Trinajstić information content (AvgIpc) is 2.89. The zero-order valence-corrected chi connectivity index (χ0v) is 11.3. The van der Waals surface area contributed by atoms with E-state index in [9.17, 15) is 4.21 Å². The van der Waals surface area contributed by atoms with E-state index in [0.717, 1.165) is 25.1 Å². The molecule has 0 aliphatic heterocycles. The third-order valence-corrected chi connectivity index (χ3v) is 5.28. The molecule has 3 atom stereocenters. The van der Waals surface area contributed by atoms with Gasteiger partial charge in [-0.25, -0.2) is 0 Å². The number of H-pyrrole nitrogens is 1. The lowest BCUT2D eigenvalue weighted by Crippen LogP contribution is -2.37. The molecule has 1 heterocycles. The van der Waals surface area contributed by atoms with Crippen LogP contribution in [0, 0.1) is 0 Å². The van der Waals surface area contributed by atoms with E-state index >= 15 is 0 Å². The maximum atomic E-state index is 11.8. The van der Waals surface area contributed by atoms with Crippen molar-refractivity contribution in [1.29, 1.82) is 0 Å². The number of nitrogens with one attached hydrogen (secondary N) is 2. The van der Waals surface area contributed by atoms with Gasteiger partial charge in [0.1, 0.15) is 0 Å². The largest absolute Gasteiger partial charge is 0.367 e. The molecule has 17 heavy (non-hydrogen) atoms. The van der Waals surface area contributed by atoms with Gasteiger partial charge in [-0.05, 0) is 30.9 Å². The number of aromatic nitrogens is 1. The number of hydrogen-bond donors (Lipinski definition) is 2. The Kier molecular flexibility index (Phi) is 4.80. The van der Waals surface area contributed by atoms with Crippen molar-refractivity contribution < 1.29 is 4.21 Å². The van der Waals surface area contributed by atoms with Crippen LogP contribution in [-0.2, 0) is 17.3 Å². The van der Waals surface area contributed by atoms with Gasteiger partial charge in [0.2, 0.25) is 0 Å². The van der Waals surface area contributed by atoms with Gasteiger partial charge >= 0.3 is 0 Å². The van der Waals surface area contributed by atoms with Crippen molar-refractivity contribution in [1.82, 2.24) is 10.3 Å². The number of aromatic amines is 1. The lowest BCUT2D eigenvalue weighted by atomic mass is 9.95. The Hall–Kier alpha value is -0.610. The maximum Gasteiger partial charge on any atom is 0.0362 e.